The number of fused-ring (bicyclic) bond motifs is 1. The van der Waals surface area contributed by atoms with Gasteiger partial charge in [0.1, 0.15) is 5.82 Å². The van der Waals surface area contributed by atoms with Crippen LogP contribution >= 0.6 is 0 Å². The number of carbonyl (C=O) groups is 1. The highest BCUT2D eigenvalue weighted by Gasteiger charge is 2.22. The zero-order chi connectivity index (χ0) is 19.7. The zero-order valence-corrected chi connectivity index (χ0v) is 14.9. The third kappa shape index (κ3) is 3.16. The van der Waals surface area contributed by atoms with E-state index in [4.69, 9.17) is 5.73 Å². The van der Waals surface area contributed by atoms with Crippen molar-refractivity contribution in [3.05, 3.63) is 97.0 Å². The lowest BCUT2D eigenvalue weighted by atomic mass is 10.1. The van der Waals surface area contributed by atoms with E-state index >= 15 is 0 Å². The molecule has 6 nitrogen and oxygen atoms in total. The molecule has 1 fully saturated rings. The summed E-state index contributed by atoms with van der Waals surface area (Å²) in [5.41, 5.74) is 7.77. The number of aromatic nitrogens is 1. The Morgan fingerprint density at radius 2 is 1.78 bits per heavy atom. The van der Waals surface area contributed by atoms with Crippen LogP contribution < -0.4 is 32.4 Å². The van der Waals surface area contributed by atoms with Gasteiger partial charge in [-0.3, -0.25) is 4.79 Å². The number of hydrogen-bond acceptors (Lipinski definition) is 4. The second kappa shape index (κ2) is 6.76. The molecule has 136 valence electrons. The number of aromatic amines is 1. The van der Waals surface area contributed by atoms with E-state index in [0.29, 0.717) is 33.7 Å². The maximum absolute atomic E-state index is 12.6. The van der Waals surface area contributed by atoms with Gasteiger partial charge in [-0.25, -0.2) is 0 Å². The number of benzene rings is 1. The summed E-state index contributed by atoms with van der Waals surface area (Å²) in [6, 6.07) is 7.71. The number of rotatable bonds is 4. The molecule has 0 bridgehead atoms. The van der Waals surface area contributed by atoms with E-state index in [9.17, 15) is 4.79 Å². The van der Waals surface area contributed by atoms with Gasteiger partial charge in [0, 0.05) is 27.7 Å². The van der Waals surface area contributed by atoms with Crippen LogP contribution in [0.15, 0.2) is 86.3 Å². The van der Waals surface area contributed by atoms with Crippen LogP contribution in [0.3, 0.4) is 0 Å². The van der Waals surface area contributed by atoms with Crippen LogP contribution in [0.2, 0.25) is 0 Å². The summed E-state index contributed by atoms with van der Waals surface area (Å²) >= 11 is 0. The van der Waals surface area contributed by atoms with E-state index in [-0.39, 0.29) is 11.7 Å². The summed E-state index contributed by atoms with van der Waals surface area (Å²) in [6.07, 6.45) is 1.67. The number of H-pyrrole nitrogens is 1. The zero-order valence-electron chi connectivity index (χ0n) is 14.9. The van der Waals surface area contributed by atoms with Gasteiger partial charge < -0.3 is 26.7 Å². The van der Waals surface area contributed by atoms with Crippen molar-refractivity contribution in [2.24, 2.45) is 5.73 Å². The van der Waals surface area contributed by atoms with Gasteiger partial charge in [0.25, 0.3) is 5.91 Å². The molecule has 3 rings (SSSR count). The first-order valence-electron chi connectivity index (χ1n) is 8.18. The summed E-state index contributed by atoms with van der Waals surface area (Å²) in [7, 11) is 0. The summed E-state index contributed by atoms with van der Waals surface area (Å²) in [5.74, 6) is 0.379. The van der Waals surface area contributed by atoms with Gasteiger partial charge >= 0.3 is 0 Å². The highest BCUT2D eigenvalue weighted by molar-refractivity contribution is 6.21. The molecule has 0 spiro atoms. The summed E-state index contributed by atoms with van der Waals surface area (Å²) in [4.78, 5) is 15.9. The van der Waals surface area contributed by atoms with Gasteiger partial charge in [-0.1, -0.05) is 63.2 Å². The molecule has 1 amide bonds. The Labute approximate surface area is 156 Å². The first-order valence-corrected chi connectivity index (χ1v) is 8.18. The average Bonchev–Trinajstić information content (AvgIpc) is 2.94. The Bertz CT molecular complexity index is 1140. The van der Waals surface area contributed by atoms with E-state index < -0.39 is 0 Å². The Morgan fingerprint density at radius 3 is 2.37 bits per heavy atom. The predicted octanol–water partition coefficient (Wildman–Crippen LogP) is 0.893. The van der Waals surface area contributed by atoms with E-state index in [2.05, 4.69) is 53.8 Å². The number of hydrogen-bond donors (Lipinski definition) is 5. The molecule has 0 aliphatic carbocycles. The van der Waals surface area contributed by atoms with Crippen molar-refractivity contribution in [2.45, 2.75) is 0 Å². The number of nitrogens with two attached hydrogens (primary N) is 1. The fourth-order valence-corrected chi connectivity index (χ4v) is 3.10. The minimum Gasteiger partial charge on any atom is -0.386 e. The molecule has 0 unspecified atom stereocenters. The van der Waals surface area contributed by atoms with Gasteiger partial charge in [-0.05, 0) is 0 Å². The van der Waals surface area contributed by atoms with Crippen molar-refractivity contribution >= 4 is 27.8 Å². The van der Waals surface area contributed by atoms with Gasteiger partial charge in [0.2, 0.25) is 0 Å². The molecule has 6 N–H and O–H groups in total. The van der Waals surface area contributed by atoms with Crippen molar-refractivity contribution in [3.8, 4) is 0 Å². The van der Waals surface area contributed by atoms with E-state index in [1.165, 1.54) is 0 Å². The van der Waals surface area contributed by atoms with Crippen LogP contribution in [0.4, 0.5) is 0 Å². The topological polar surface area (TPSA) is 95.0 Å². The molecule has 2 heterocycles. The fraction of sp³-hybridized carbons (Fsp3) is 0. The maximum Gasteiger partial charge on any atom is 0.260 e. The molecule has 1 saturated heterocycles. The first kappa shape index (κ1) is 17.9. The summed E-state index contributed by atoms with van der Waals surface area (Å²) < 4.78 is 0. The van der Waals surface area contributed by atoms with Crippen LogP contribution in [0, 0.1) is 0 Å². The van der Waals surface area contributed by atoms with Crippen molar-refractivity contribution in [1.29, 1.82) is 0 Å². The highest BCUT2D eigenvalue weighted by Crippen LogP contribution is 2.15. The SMILES string of the molecule is C=C/C(C(=C)NC(=C)N)=c1\[nH]/c(=C2\C(=C)NC(=C)NC2=O)c2ccccc12. The predicted molar refractivity (Wildman–Crippen MR) is 110 cm³/mol. The molecule has 1 aliphatic rings. The minimum absolute atomic E-state index is 0.271. The monoisotopic (exact) mass is 359 g/mol. The molecule has 0 saturated carbocycles. The fourth-order valence-electron chi connectivity index (χ4n) is 3.10. The second-order valence-corrected chi connectivity index (χ2v) is 6.08. The first-order chi connectivity index (χ1) is 12.8. The number of amides is 1. The standard InChI is InChI=1S/C21H21N5O/c1-6-15(11(2)23-13(4)22)19-16-9-7-8-10-17(16)20(26-19)18-12(3)24-14(5)25-21(18)27/h6-10,23-24,26H,1-5,22H2,(H,25,27)/b19-15+,20-18+. The average molecular weight is 359 g/mol. The molecule has 1 aromatic carbocycles. The molecule has 0 radical (unpaired) electrons. The lowest BCUT2D eigenvalue weighted by Gasteiger charge is -2.21. The van der Waals surface area contributed by atoms with Crippen molar-refractivity contribution in [1.82, 2.24) is 20.9 Å². The Hall–Kier alpha value is -3.93. The van der Waals surface area contributed by atoms with Crippen molar-refractivity contribution in [2.75, 3.05) is 0 Å². The lowest BCUT2D eigenvalue weighted by Crippen LogP contribution is -2.41. The third-order valence-corrected chi connectivity index (χ3v) is 4.17. The molecule has 1 aromatic heterocycles. The van der Waals surface area contributed by atoms with Gasteiger partial charge in [0.15, 0.2) is 0 Å². The van der Waals surface area contributed by atoms with Crippen LogP contribution in [0.25, 0.3) is 21.9 Å². The van der Waals surface area contributed by atoms with Gasteiger partial charge in [0.05, 0.1) is 22.1 Å². The van der Waals surface area contributed by atoms with Gasteiger partial charge in [-0.15, -0.1) is 0 Å². The normalized spacial score (nSPS) is 17.1. The number of nitrogens with one attached hydrogen (secondary N) is 4. The molecule has 6 heteroatoms. The summed E-state index contributed by atoms with van der Waals surface area (Å²) in [6.45, 7) is 19.2. The number of carbonyl (C=O) groups excluding carboxylic acids is 1. The van der Waals surface area contributed by atoms with Gasteiger partial charge in [-0.2, -0.15) is 0 Å². The van der Waals surface area contributed by atoms with E-state index in [1.54, 1.807) is 6.08 Å². The smallest absolute Gasteiger partial charge is 0.260 e. The molecule has 2 aromatic rings. The Kier molecular flexibility index (Phi) is 4.48. The molecular weight excluding hydrogens is 338 g/mol. The molecule has 27 heavy (non-hydrogen) atoms. The van der Waals surface area contributed by atoms with Crippen molar-refractivity contribution in [3.63, 3.8) is 0 Å². The largest absolute Gasteiger partial charge is 0.386 e. The molecule has 1 aliphatic heterocycles. The lowest BCUT2D eigenvalue weighted by molar-refractivity contribution is -0.115. The number of allylic oxidation sites excluding steroid dienone is 1. The Morgan fingerprint density at radius 1 is 1.11 bits per heavy atom. The van der Waals surface area contributed by atoms with Crippen LogP contribution in [0.1, 0.15) is 0 Å². The van der Waals surface area contributed by atoms with Crippen LogP contribution in [-0.4, -0.2) is 10.9 Å². The van der Waals surface area contributed by atoms with E-state index in [0.717, 1.165) is 16.1 Å². The summed E-state index contributed by atoms with van der Waals surface area (Å²) in [5, 5.41) is 11.7. The van der Waals surface area contributed by atoms with Crippen LogP contribution in [-0.2, 0) is 4.79 Å². The minimum atomic E-state index is -0.283. The second-order valence-electron chi connectivity index (χ2n) is 6.08. The Balaban J connectivity index is 2.43. The highest BCUT2D eigenvalue weighted by atomic mass is 16.2. The van der Waals surface area contributed by atoms with Crippen molar-refractivity contribution < 1.29 is 4.79 Å². The third-order valence-electron chi connectivity index (χ3n) is 4.17. The molecule has 0 atom stereocenters. The molecular formula is C21H21N5O. The van der Waals surface area contributed by atoms with Crippen LogP contribution in [0.5, 0.6) is 0 Å². The quantitative estimate of drug-likeness (QED) is 0.560. The maximum atomic E-state index is 12.6. The van der Waals surface area contributed by atoms with E-state index in [1.807, 2.05) is 24.3 Å².